The lowest BCUT2D eigenvalue weighted by molar-refractivity contribution is -0.380. The molecule has 0 spiro atoms. The third-order valence-electron chi connectivity index (χ3n) is 3.85. The van der Waals surface area contributed by atoms with Gasteiger partial charge >= 0.3 is 0 Å². The molecule has 0 aliphatic heterocycles. The summed E-state index contributed by atoms with van der Waals surface area (Å²) in [7, 11) is -55.7. The van der Waals surface area contributed by atoms with E-state index in [9.17, 15) is 105 Å². The largest absolute Gasteiger partial charge is 0.790 e. The normalized spacial score (nSPS) is 29.1. The first-order valence-electron chi connectivity index (χ1n) is 9.26. The highest BCUT2D eigenvalue weighted by atomic mass is 31.3. The van der Waals surface area contributed by atoms with Gasteiger partial charge in [0.15, 0.2) is 0 Å². The molecule has 0 aromatic rings. The number of rotatable bonds is 16. The van der Waals surface area contributed by atoms with Crippen molar-refractivity contribution in [2.24, 2.45) is 0 Å². The molecule has 4 unspecified atom stereocenters. The topological polar surface area (TPSA) is 533 Å². The van der Waals surface area contributed by atoms with Crippen molar-refractivity contribution in [3.05, 3.63) is 0 Å². The Hall–Kier alpha value is 0.960. The predicted molar refractivity (Wildman–Crippen MR) is 92.3 cm³/mol. The van der Waals surface area contributed by atoms with Crippen molar-refractivity contribution in [1.82, 2.24) is 0 Å². The highest BCUT2D eigenvalue weighted by Gasteiger charge is 2.58. The molecule has 264 valence electrons. The molecule has 0 amide bonds. The lowest BCUT2D eigenvalue weighted by Gasteiger charge is -2.56. The smallest absolute Gasteiger partial charge is 0.272 e. The van der Waals surface area contributed by atoms with Crippen LogP contribution in [0.2, 0.25) is 0 Å². The Kier molecular flexibility index (Phi) is 14.1. The lowest BCUT2D eigenvalue weighted by Crippen LogP contribution is -2.67. The van der Waals surface area contributed by atoms with E-state index in [1.54, 1.807) is 0 Å². The summed E-state index contributed by atoms with van der Waals surface area (Å²) < 4.78 is 118. The molecule has 1 aliphatic carbocycles. The number of phosphoric acid groups is 8. The molecular formula is C6H6O30P8-14. The monoisotopic (exact) mass is 806 g/mol. The maximum absolute atomic E-state index is 12.0. The summed E-state index contributed by atoms with van der Waals surface area (Å²) in [6.07, 6.45) is -23.6. The van der Waals surface area contributed by atoms with Crippen molar-refractivity contribution < 1.29 is 141 Å². The molecule has 8 atom stereocenters. The molecule has 44 heavy (non-hydrogen) atoms. The first-order chi connectivity index (χ1) is 19.0. The molecule has 0 saturated heterocycles. The fraction of sp³-hybridized carbons (Fsp3) is 1.00. The minimum absolute atomic E-state index is 2.89. The molecule has 0 aromatic carbocycles. The average molecular weight is 806 g/mol. The van der Waals surface area contributed by atoms with Crippen LogP contribution in [0, 0.1) is 0 Å². The van der Waals surface area contributed by atoms with Crippen LogP contribution in [0.25, 0.3) is 0 Å². The van der Waals surface area contributed by atoms with Crippen molar-refractivity contribution in [3.8, 4) is 0 Å². The lowest BCUT2D eigenvalue weighted by atomic mass is 9.85. The predicted octanol–water partition coefficient (Wildman–Crippen LogP) is -11.7. The summed E-state index contributed by atoms with van der Waals surface area (Å²) in [5, 5.41) is 0. The summed E-state index contributed by atoms with van der Waals surface area (Å²) in [5.74, 6) is 0. The van der Waals surface area contributed by atoms with Gasteiger partial charge in [-0.05, 0) is 0 Å². The van der Waals surface area contributed by atoms with Crippen LogP contribution in [-0.4, -0.2) is 36.6 Å². The van der Waals surface area contributed by atoms with E-state index in [4.69, 9.17) is 0 Å². The van der Waals surface area contributed by atoms with Crippen molar-refractivity contribution >= 4 is 62.6 Å². The molecule has 0 radical (unpaired) electrons. The summed E-state index contributed by atoms with van der Waals surface area (Å²) >= 11 is 0. The van der Waals surface area contributed by atoms with Gasteiger partial charge < -0.3 is 123 Å². The quantitative estimate of drug-likeness (QED) is 0.131. The zero-order valence-corrected chi connectivity index (χ0v) is 26.4. The molecule has 30 nitrogen and oxygen atoms in total. The van der Waals surface area contributed by atoms with E-state index in [-0.39, 0.29) is 0 Å². The summed E-state index contributed by atoms with van der Waals surface area (Å²) in [4.78, 5) is 157. The van der Waals surface area contributed by atoms with E-state index < -0.39 is 99.2 Å². The van der Waals surface area contributed by atoms with Gasteiger partial charge in [0.2, 0.25) is 0 Å². The minimum atomic E-state index is -7.10. The molecule has 0 N–H and O–H groups in total. The Morgan fingerprint density at radius 3 is 0.568 bits per heavy atom. The molecule has 0 heterocycles. The maximum Gasteiger partial charge on any atom is 0.272 e. The fourth-order valence-electron chi connectivity index (χ4n) is 3.02. The van der Waals surface area contributed by atoms with E-state index >= 15 is 0 Å². The van der Waals surface area contributed by atoms with Crippen LogP contribution in [0.3, 0.4) is 0 Å². The van der Waals surface area contributed by atoms with Crippen molar-refractivity contribution in [3.63, 3.8) is 0 Å². The molecule has 1 saturated carbocycles. The molecule has 1 aliphatic rings. The Balaban J connectivity index is 4.23. The SMILES string of the molecule is O=P([O-])([O-])OC1[C@@H](OP(=O)([O-])[O-])[C@H](OP(=O)([O-])OP(=O)([O-])[O-])C(OP(=O)([O-])[O-])[C@H](OP(=O)([O-])OP(=O)([O-])[O-])[C@H]1OP(=O)([O-])[O-]. The summed E-state index contributed by atoms with van der Waals surface area (Å²) in [6, 6.07) is 0. The van der Waals surface area contributed by atoms with E-state index in [0.717, 1.165) is 0 Å². The van der Waals surface area contributed by atoms with Crippen LogP contribution < -0.4 is 68.5 Å². The van der Waals surface area contributed by atoms with Crippen LogP contribution in [0.4, 0.5) is 0 Å². The van der Waals surface area contributed by atoms with Gasteiger partial charge in [-0.3, -0.25) is 17.8 Å². The van der Waals surface area contributed by atoms with Crippen molar-refractivity contribution in [2.45, 2.75) is 36.6 Å². The van der Waals surface area contributed by atoms with E-state index in [1.165, 1.54) is 0 Å². The standard InChI is InChI=1S/C6H20O30P8/c7-37(8,9)29-1-2(30-38(10,11)12)5(33-43(25,26)35-41(19,20)21)4(32-40(16,17)18)6(3(1)31-39(13,14)15)34-44(27,28)36-42(22,23)24/h1-6H,(H,25,26)(H,27,28)(H2,7,8,9)(H2,10,11,12)(H2,13,14,15)(H2,16,17,18)(H2,19,20,21)(H2,22,23,24)/p-14/t1?,2-,3+,4?,5+,6-. The first-order valence-corrected chi connectivity index (χ1v) is 20.9. The summed E-state index contributed by atoms with van der Waals surface area (Å²) in [6.45, 7) is 0. The zero-order chi connectivity index (χ0) is 35.1. The van der Waals surface area contributed by atoms with Gasteiger partial charge in [-0.2, -0.15) is 0 Å². The molecule has 0 bridgehead atoms. The van der Waals surface area contributed by atoms with Crippen molar-refractivity contribution in [1.29, 1.82) is 0 Å². The van der Waals surface area contributed by atoms with Gasteiger partial charge in [-0.25, -0.2) is 0 Å². The van der Waals surface area contributed by atoms with Gasteiger partial charge in [-0.1, -0.05) is 0 Å². The Bertz CT molecular complexity index is 1310. The van der Waals surface area contributed by atoms with E-state index in [2.05, 4.69) is 35.8 Å². The third kappa shape index (κ3) is 16.9. The average Bonchev–Trinajstić information content (AvgIpc) is 2.62. The van der Waals surface area contributed by atoms with Gasteiger partial charge in [0.25, 0.3) is 15.6 Å². The second-order valence-electron chi connectivity index (χ2n) is 7.16. The number of phosphoric ester groups is 6. The Morgan fingerprint density at radius 1 is 0.273 bits per heavy atom. The second kappa shape index (κ2) is 14.4. The van der Waals surface area contributed by atoms with Crippen LogP contribution in [0.1, 0.15) is 0 Å². The molecule has 38 heteroatoms. The maximum atomic E-state index is 12.0. The Morgan fingerprint density at radius 2 is 0.432 bits per heavy atom. The van der Waals surface area contributed by atoms with Gasteiger partial charge in [0, 0.05) is 0 Å². The first kappa shape index (κ1) is 43.0. The molecule has 0 aromatic heterocycles. The molecular weight excluding hydrogens is 800 g/mol. The van der Waals surface area contributed by atoms with E-state index in [1.807, 2.05) is 0 Å². The minimum Gasteiger partial charge on any atom is -0.790 e. The van der Waals surface area contributed by atoms with Crippen molar-refractivity contribution in [2.75, 3.05) is 0 Å². The van der Waals surface area contributed by atoms with Gasteiger partial charge in [-0.15, -0.1) is 0 Å². The summed E-state index contributed by atoms with van der Waals surface area (Å²) in [5.41, 5.74) is 0. The van der Waals surface area contributed by atoms with Crippen LogP contribution in [0.5, 0.6) is 0 Å². The molecule has 1 fully saturated rings. The van der Waals surface area contributed by atoms with Crippen LogP contribution in [0.15, 0.2) is 0 Å². The highest BCUT2D eigenvalue weighted by Crippen LogP contribution is 2.58. The number of hydrogen-bond acceptors (Lipinski definition) is 30. The zero-order valence-electron chi connectivity index (χ0n) is 19.3. The van der Waals surface area contributed by atoms with Crippen LogP contribution >= 0.6 is 62.6 Å². The third-order valence-corrected chi connectivity index (χ3v) is 10.1. The van der Waals surface area contributed by atoms with E-state index in [0.29, 0.717) is 0 Å². The van der Waals surface area contributed by atoms with Crippen LogP contribution in [-0.2, 0) is 72.3 Å². The second-order valence-corrected chi connectivity index (χ2v) is 16.9. The molecule has 1 rings (SSSR count). The number of hydrogen-bond donors (Lipinski definition) is 0. The van der Waals surface area contributed by atoms with Gasteiger partial charge in [0.1, 0.15) is 36.6 Å². The highest BCUT2D eigenvalue weighted by molar-refractivity contribution is 7.59. The fourth-order valence-corrected chi connectivity index (χ4v) is 8.52. The van der Waals surface area contributed by atoms with Gasteiger partial charge in [0.05, 0.1) is 46.9 Å². The Labute approximate surface area is 240 Å².